The van der Waals surface area contributed by atoms with Gasteiger partial charge in [0.1, 0.15) is 5.75 Å². The summed E-state index contributed by atoms with van der Waals surface area (Å²) in [4.78, 5) is 0. The van der Waals surface area contributed by atoms with Crippen LogP contribution in [0, 0.1) is 0 Å². The highest BCUT2D eigenvalue weighted by molar-refractivity contribution is 7.17. The van der Waals surface area contributed by atoms with Crippen molar-refractivity contribution in [3.8, 4) is 5.75 Å². The van der Waals surface area contributed by atoms with Crippen molar-refractivity contribution in [1.29, 1.82) is 0 Å². The summed E-state index contributed by atoms with van der Waals surface area (Å²) in [7, 11) is 2.04. The average molecular weight is 295 g/mol. The highest BCUT2D eigenvalue weighted by Gasteiger charge is 2.32. The molecule has 3 heteroatoms. The fraction of sp³-hybridized carbons (Fsp3) is 0.222. The van der Waals surface area contributed by atoms with E-state index in [9.17, 15) is 0 Å². The van der Waals surface area contributed by atoms with Crippen LogP contribution < -0.4 is 10.1 Å². The van der Waals surface area contributed by atoms with E-state index >= 15 is 0 Å². The Balaban J connectivity index is 1.81. The second-order valence-corrected chi connectivity index (χ2v) is 6.32. The van der Waals surface area contributed by atoms with E-state index in [0.717, 1.165) is 12.4 Å². The Bertz CT molecular complexity index is 779. The standard InChI is InChI=1S/C18H17NOS/c1-19-17(14-7-4-5-12-9-10-21-18(12)14)15-11-20-16-8-3-2-6-13(15)16/h2-10,15,17,19H,11H2,1H3. The number of thiophene rings is 1. The van der Waals surface area contributed by atoms with Gasteiger partial charge in [-0.3, -0.25) is 0 Å². The minimum Gasteiger partial charge on any atom is -0.493 e. The van der Waals surface area contributed by atoms with Gasteiger partial charge < -0.3 is 10.1 Å². The Hall–Kier alpha value is -1.84. The van der Waals surface area contributed by atoms with E-state index in [-0.39, 0.29) is 6.04 Å². The van der Waals surface area contributed by atoms with E-state index < -0.39 is 0 Å². The van der Waals surface area contributed by atoms with Crippen LogP contribution in [0.15, 0.2) is 53.9 Å². The Morgan fingerprint density at radius 2 is 2.05 bits per heavy atom. The van der Waals surface area contributed by atoms with Crippen molar-refractivity contribution in [1.82, 2.24) is 5.32 Å². The first-order valence-electron chi connectivity index (χ1n) is 7.23. The molecular formula is C18H17NOS. The molecule has 0 saturated carbocycles. The molecule has 0 bridgehead atoms. The van der Waals surface area contributed by atoms with Crippen LogP contribution in [0.5, 0.6) is 5.75 Å². The molecule has 0 fully saturated rings. The summed E-state index contributed by atoms with van der Waals surface area (Å²) in [6, 6.07) is 17.4. The first-order chi connectivity index (χ1) is 10.4. The topological polar surface area (TPSA) is 21.3 Å². The van der Waals surface area contributed by atoms with E-state index in [4.69, 9.17) is 4.74 Å². The zero-order valence-corrected chi connectivity index (χ0v) is 12.7. The Morgan fingerprint density at radius 1 is 1.14 bits per heavy atom. The van der Waals surface area contributed by atoms with Crippen LogP contribution in [0.3, 0.4) is 0 Å². The first-order valence-corrected chi connectivity index (χ1v) is 8.11. The van der Waals surface area contributed by atoms with Gasteiger partial charge in [0.15, 0.2) is 0 Å². The summed E-state index contributed by atoms with van der Waals surface area (Å²) in [6.07, 6.45) is 0. The second kappa shape index (κ2) is 5.17. The maximum absolute atomic E-state index is 5.87. The predicted octanol–water partition coefficient (Wildman–Crippen LogP) is 4.34. The lowest BCUT2D eigenvalue weighted by molar-refractivity contribution is 0.305. The van der Waals surface area contributed by atoms with Gasteiger partial charge in [-0.2, -0.15) is 0 Å². The maximum Gasteiger partial charge on any atom is 0.122 e. The maximum atomic E-state index is 5.87. The van der Waals surface area contributed by atoms with Crippen molar-refractivity contribution in [2.24, 2.45) is 0 Å². The number of nitrogens with one attached hydrogen (secondary N) is 1. The molecule has 0 radical (unpaired) electrons. The van der Waals surface area contributed by atoms with Crippen molar-refractivity contribution in [2.45, 2.75) is 12.0 Å². The Labute approximate surface area is 128 Å². The van der Waals surface area contributed by atoms with Crippen molar-refractivity contribution in [2.75, 3.05) is 13.7 Å². The molecule has 2 aromatic carbocycles. The molecule has 0 aliphatic carbocycles. The van der Waals surface area contributed by atoms with E-state index in [1.54, 1.807) is 0 Å². The van der Waals surface area contributed by atoms with Crippen LogP contribution >= 0.6 is 11.3 Å². The van der Waals surface area contributed by atoms with Gasteiger partial charge in [-0.25, -0.2) is 0 Å². The van der Waals surface area contributed by atoms with Crippen molar-refractivity contribution in [3.63, 3.8) is 0 Å². The van der Waals surface area contributed by atoms with E-state index in [0.29, 0.717) is 5.92 Å². The molecule has 2 heterocycles. The van der Waals surface area contributed by atoms with Gasteiger partial charge in [-0.05, 0) is 35.5 Å². The predicted molar refractivity (Wildman–Crippen MR) is 88.3 cm³/mol. The van der Waals surface area contributed by atoms with Crippen LogP contribution in [0.1, 0.15) is 23.1 Å². The van der Waals surface area contributed by atoms with E-state index in [2.05, 4.69) is 53.2 Å². The Morgan fingerprint density at radius 3 is 2.95 bits per heavy atom. The quantitative estimate of drug-likeness (QED) is 0.776. The average Bonchev–Trinajstić information content (AvgIpc) is 3.15. The Kier molecular flexibility index (Phi) is 3.17. The lowest BCUT2D eigenvalue weighted by atomic mass is 9.88. The molecule has 21 heavy (non-hydrogen) atoms. The zero-order valence-electron chi connectivity index (χ0n) is 11.9. The summed E-state index contributed by atoms with van der Waals surface area (Å²) in [5, 5.41) is 7.00. The van der Waals surface area contributed by atoms with Gasteiger partial charge in [0.05, 0.1) is 6.61 Å². The van der Waals surface area contributed by atoms with Gasteiger partial charge in [0.2, 0.25) is 0 Å². The van der Waals surface area contributed by atoms with Crippen molar-refractivity contribution < 1.29 is 4.74 Å². The fourth-order valence-corrected chi connectivity index (χ4v) is 4.25. The fourth-order valence-electron chi connectivity index (χ4n) is 3.30. The number of hydrogen-bond donors (Lipinski definition) is 1. The van der Waals surface area contributed by atoms with Crippen LogP contribution in [0.25, 0.3) is 10.1 Å². The normalized spacial score (nSPS) is 18.4. The summed E-state index contributed by atoms with van der Waals surface area (Å²) >= 11 is 1.82. The monoisotopic (exact) mass is 295 g/mol. The van der Waals surface area contributed by atoms with Gasteiger partial charge in [-0.15, -0.1) is 11.3 Å². The minimum atomic E-state index is 0.274. The first kappa shape index (κ1) is 12.9. The molecule has 0 saturated heterocycles. The van der Waals surface area contributed by atoms with Crippen LogP contribution in [0.4, 0.5) is 0 Å². The van der Waals surface area contributed by atoms with Crippen LogP contribution in [0.2, 0.25) is 0 Å². The molecule has 4 rings (SSSR count). The molecule has 3 aromatic rings. The molecule has 2 nitrogen and oxygen atoms in total. The third-order valence-electron chi connectivity index (χ3n) is 4.29. The minimum absolute atomic E-state index is 0.274. The number of fused-ring (bicyclic) bond motifs is 2. The summed E-state index contributed by atoms with van der Waals surface area (Å²) in [5.74, 6) is 1.39. The van der Waals surface area contributed by atoms with Crippen molar-refractivity contribution >= 4 is 21.4 Å². The smallest absolute Gasteiger partial charge is 0.122 e. The molecule has 0 amide bonds. The molecule has 1 aromatic heterocycles. The van der Waals surface area contributed by atoms with Crippen LogP contribution in [-0.2, 0) is 0 Å². The van der Waals surface area contributed by atoms with Gasteiger partial charge >= 0.3 is 0 Å². The van der Waals surface area contributed by atoms with Gasteiger partial charge in [0.25, 0.3) is 0 Å². The molecule has 1 aliphatic heterocycles. The highest BCUT2D eigenvalue weighted by Crippen LogP contribution is 2.43. The molecule has 2 atom stereocenters. The number of rotatable bonds is 3. The number of benzene rings is 2. The zero-order chi connectivity index (χ0) is 14.2. The lowest BCUT2D eigenvalue weighted by Crippen LogP contribution is -2.25. The largest absolute Gasteiger partial charge is 0.493 e. The molecule has 0 spiro atoms. The summed E-state index contributed by atoms with van der Waals surface area (Å²) < 4.78 is 7.25. The highest BCUT2D eigenvalue weighted by atomic mass is 32.1. The SMILES string of the molecule is CNC(c1cccc2ccsc12)C1COc2ccccc21. The number of likely N-dealkylation sites (N-methyl/N-ethyl adjacent to an activating group) is 1. The molecular weight excluding hydrogens is 278 g/mol. The van der Waals surface area contributed by atoms with Crippen LogP contribution in [-0.4, -0.2) is 13.7 Å². The number of para-hydroxylation sites is 1. The molecule has 1 aliphatic rings. The molecule has 1 N–H and O–H groups in total. The lowest BCUT2D eigenvalue weighted by Gasteiger charge is -2.23. The molecule has 106 valence electrons. The molecule has 2 unspecified atom stereocenters. The summed E-state index contributed by atoms with van der Waals surface area (Å²) in [6.45, 7) is 0.743. The third-order valence-corrected chi connectivity index (χ3v) is 5.27. The van der Waals surface area contributed by atoms with E-state index in [1.807, 2.05) is 24.5 Å². The summed E-state index contributed by atoms with van der Waals surface area (Å²) in [5.41, 5.74) is 2.68. The van der Waals surface area contributed by atoms with E-state index in [1.165, 1.54) is 21.2 Å². The van der Waals surface area contributed by atoms with Gasteiger partial charge in [0, 0.05) is 22.2 Å². The third kappa shape index (κ3) is 2.04. The van der Waals surface area contributed by atoms with Crippen molar-refractivity contribution in [3.05, 3.63) is 65.0 Å². The number of ether oxygens (including phenoxy) is 1. The van der Waals surface area contributed by atoms with Gasteiger partial charge in [-0.1, -0.05) is 36.4 Å². The second-order valence-electron chi connectivity index (χ2n) is 5.41. The number of hydrogen-bond acceptors (Lipinski definition) is 3.